The molecule has 0 radical (unpaired) electrons. The van der Waals surface area contributed by atoms with Gasteiger partial charge in [0.15, 0.2) is 0 Å². The average molecular weight is 298 g/mol. The zero-order valence-electron chi connectivity index (χ0n) is 11.9. The van der Waals surface area contributed by atoms with E-state index >= 15 is 0 Å². The van der Waals surface area contributed by atoms with Gasteiger partial charge in [0, 0.05) is 26.7 Å². The molecule has 1 saturated heterocycles. The molecule has 0 saturated carbocycles. The van der Waals surface area contributed by atoms with Crippen LogP contribution in [0.25, 0.3) is 0 Å². The van der Waals surface area contributed by atoms with E-state index in [9.17, 15) is 4.79 Å². The summed E-state index contributed by atoms with van der Waals surface area (Å²) in [6.07, 6.45) is 2.18. The molecular weight excluding hydrogens is 278 g/mol. The van der Waals surface area contributed by atoms with Gasteiger partial charge in [0.2, 0.25) is 0 Å². The van der Waals surface area contributed by atoms with Crippen LogP contribution in [-0.2, 0) is 4.74 Å². The van der Waals surface area contributed by atoms with E-state index in [0.717, 1.165) is 26.0 Å². The molecule has 110 valence electrons. The number of aromatic nitrogens is 1. The van der Waals surface area contributed by atoms with E-state index in [1.165, 1.54) is 0 Å². The predicted molar refractivity (Wildman–Crippen MR) is 79.3 cm³/mol. The summed E-state index contributed by atoms with van der Waals surface area (Å²) in [6, 6.07) is 3.46. The molecular formula is C14H20ClN3O2. The molecule has 2 heterocycles. The van der Waals surface area contributed by atoms with E-state index in [1.54, 1.807) is 24.1 Å². The van der Waals surface area contributed by atoms with Crippen molar-refractivity contribution in [2.45, 2.75) is 25.9 Å². The summed E-state index contributed by atoms with van der Waals surface area (Å²) in [5.74, 6) is 0.482. The minimum Gasteiger partial charge on any atom is -0.376 e. The highest BCUT2D eigenvalue weighted by Gasteiger charge is 2.23. The third kappa shape index (κ3) is 3.61. The molecule has 1 N–H and O–H groups in total. The molecule has 1 aromatic heterocycles. The molecule has 0 aromatic carbocycles. The van der Waals surface area contributed by atoms with Crippen molar-refractivity contribution < 1.29 is 9.53 Å². The Balaban J connectivity index is 2.08. The largest absolute Gasteiger partial charge is 0.376 e. The summed E-state index contributed by atoms with van der Waals surface area (Å²) in [7, 11) is 1.75. The second kappa shape index (κ2) is 6.90. The van der Waals surface area contributed by atoms with E-state index in [1.807, 2.05) is 6.92 Å². The number of carbonyl (C=O) groups is 1. The number of anilines is 1. The van der Waals surface area contributed by atoms with Gasteiger partial charge in [-0.05, 0) is 31.9 Å². The van der Waals surface area contributed by atoms with Crippen molar-refractivity contribution in [3.8, 4) is 0 Å². The van der Waals surface area contributed by atoms with Gasteiger partial charge in [-0.25, -0.2) is 4.98 Å². The number of amides is 1. The van der Waals surface area contributed by atoms with E-state index < -0.39 is 0 Å². The number of hydrogen-bond donors (Lipinski definition) is 1. The molecule has 1 aliphatic heterocycles. The van der Waals surface area contributed by atoms with Crippen LogP contribution in [0.3, 0.4) is 0 Å². The maximum absolute atomic E-state index is 12.4. The fraction of sp³-hybridized carbons (Fsp3) is 0.571. The number of hydrogen-bond acceptors (Lipinski definition) is 4. The lowest BCUT2D eigenvalue weighted by Crippen LogP contribution is -2.34. The zero-order valence-corrected chi connectivity index (χ0v) is 12.6. The van der Waals surface area contributed by atoms with Crippen molar-refractivity contribution in [1.29, 1.82) is 0 Å². The van der Waals surface area contributed by atoms with E-state index in [4.69, 9.17) is 16.3 Å². The maximum atomic E-state index is 12.4. The van der Waals surface area contributed by atoms with Crippen molar-refractivity contribution >= 4 is 23.3 Å². The van der Waals surface area contributed by atoms with Gasteiger partial charge in [0.05, 0.1) is 11.1 Å². The molecule has 0 spiro atoms. The van der Waals surface area contributed by atoms with Gasteiger partial charge in [-0.1, -0.05) is 11.6 Å². The van der Waals surface area contributed by atoms with Crippen LogP contribution in [0.2, 0.25) is 5.02 Å². The highest BCUT2D eigenvalue weighted by atomic mass is 35.5. The first-order valence-corrected chi connectivity index (χ1v) is 7.27. The van der Waals surface area contributed by atoms with E-state index in [-0.39, 0.29) is 17.7 Å². The zero-order chi connectivity index (χ0) is 14.5. The van der Waals surface area contributed by atoms with Crippen LogP contribution in [0.1, 0.15) is 30.3 Å². The first kappa shape index (κ1) is 15.1. The van der Waals surface area contributed by atoms with E-state index in [2.05, 4.69) is 10.3 Å². The minimum atomic E-state index is -0.176. The lowest BCUT2D eigenvalue weighted by atomic mass is 10.2. The summed E-state index contributed by atoms with van der Waals surface area (Å²) in [5.41, 5.74) is 0.283. The van der Waals surface area contributed by atoms with Gasteiger partial charge in [-0.2, -0.15) is 0 Å². The number of ether oxygens (including phenoxy) is 1. The van der Waals surface area contributed by atoms with Crippen molar-refractivity contribution in [2.75, 3.05) is 32.1 Å². The second-order valence-corrected chi connectivity index (χ2v) is 5.29. The fourth-order valence-electron chi connectivity index (χ4n) is 2.23. The fourth-order valence-corrected chi connectivity index (χ4v) is 2.42. The number of likely N-dealkylation sites (N-methyl/N-ethyl adjacent to an activating group) is 1. The summed E-state index contributed by atoms with van der Waals surface area (Å²) >= 11 is 6.08. The monoisotopic (exact) mass is 297 g/mol. The number of halogens is 1. The molecule has 0 bridgehead atoms. The van der Waals surface area contributed by atoms with Gasteiger partial charge < -0.3 is 15.0 Å². The van der Waals surface area contributed by atoms with Crippen LogP contribution >= 0.6 is 11.6 Å². The van der Waals surface area contributed by atoms with Crippen molar-refractivity contribution in [2.24, 2.45) is 0 Å². The molecule has 0 aliphatic carbocycles. The molecule has 1 aromatic rings. The topological polar surface area (TPSA) is 54.5 Å². The molecule has 1 aliphatic rings. The molecule has 1 unspecified atom stereocenters. The minimum absolute atomic E-state index is 0.125. The predicted octanol–water partition coefficient (Wildman–Crippen LogP) is 2.42. The van der Waals surface area contributed by atoms with Gasteiger partial charge in [0.1, 0.15) is 11.5 Å². The van der Waals surface area contributed by atoms with Crippen molar-refractivity contribution in [1.82, 2.24) is 9.88 Å². The average Bonchev–Trinajstić information content (AvgIpc) is 2.93. The van der Waals surface area contributed by atoms with Crippen LogP contribution < -0.4 is 5.32 Å². The van der Waals surface area contributed by atoms with Gasteiger partial charge >= 0.3 is 0 Å². The highest BCUT2D eigenvalue weighted by Crippen LogP contribution is 2.19. The molecule has 2 rings (SSSR count). The first-order chi connectivity index (χ1) is 9.61. The Kier molecular flexibility index (Phi) is 5.20. The Bertz CT molecular complexity index is 475. The normalized spacial score (nSPS) is 18.1. The highest BCUT2D eigenvalue weighted by molar-refractivity contribution is 6.33. The maximum Gasteiger partial charge on any atom is 0.273 e. The smallest absolute Gasteiger partial charge is 0.273 e. The van der Waals surface area contributed by atoms with Crippen LogP contribution in [0.4, 0.5) is 5.82 Å². The quantitative estimate of drug-likeness (QED) is 0.907. The Labute approximate surface area is 124 Å². The standard InChI is InChI=1S/C14H20ClN3O2/c1-3-16-12-7-6-11(15)13(17-12)14(19)18(2)9-10-5-4-8-20-10/h6-7,10H,3-5,8-9H2,1-2H3,(H,16,17). The van der Waals surface area contributed by atoms with Gasteiger partial charge in [-0.3, -0.25) is 4.79 Å². The Morgan fingerprint density at radius 1 is 1.60 bits per heavy atom. The van der Waals surface area contributed by atoms with Gasteiger partial charge in [0.25, 0.3) is 5.91 Å². The summed E-state index contributed by atoms with van der Waals surface area (Å²) < 4.78 is 5.54. The number of rotatable bonds is 5. The molecule has 20 heavy (non-hydrogen) atoms. The third-order valence-electron chi connectivity index (χ3n) is 3.25. The molecule has 5 nitrogen and oxygen atoms in total. The summed E-state index contributed by atoms with van der Waals surface area (Å²) in [5, 5.41) is 3.45. The van der Waals surface area contributed by atoms with Crippen molar-refractivity contribution in [3.05, 3.63) is 22.8 Å². The number of pyridine rings is 1. The van der Waals surface area contributed by atoms with Crippen LogP contribution in [-0.4, -0.2) is 48.6 Å². The lowest BCUT2D eigenvalue weighted by Gasteiger charge is -2.21. The van der Waals surface area contributed by atoms with Crippen LogP contribution in [0.5, 0.6) is 0 Å². The molecule has 1 atom stereocenters. The third-order valence-corrected chi connectivity index (χ3v) is 3.56. The van der Waals surface area contributed by atoms with Crippen LogP contribution in [0, 0.1) is 0 Å². The number of carbonyl (C=O) groups excluding carboxylic acids is 1. The Morgan fingerprint density at radius 3 is 3.05 bits per heavy atom. The Morgan fingerprint density at radius 2 is 2.40 bits per heavy atom. The van der Waals surface area contributed by atoms with Crippen molar-refractivity contribution in [3.63, 3.8) is 0 Å². The van der Waals surface area contributed by atoms with Gasteiger partial charge in [-0.15, -0.1) is 0 Å². The Hall–Kier alpha value is -1.33. The molecule has 1 amide bonds. The SMILES string of the molecule is CCNc1ccc(Cl)c(C(=O)N(C)CC2CCCO2)n1. The molecule has 6 heteroatoms. The summed E-state index contributed by atoms with van der Waals surface area (Å²) in [4.78, 5) is 18.3. The second-order valence-electron chi connectivity index (χ2n) is 4.88. The van der Waals surface area contributed by atoms with E-state index in [0.29, 0.717) is 17.4 Å². The first-order valence-electron chi connectivity index (χ1n) is 6.89. The number of nitrogens with zero attached hydrogens (tertiary/aromatic N) is 2. The molecule has 1 fully saturated rings. The summed E-state index contributed by atoms with van der Waals surface area (Å²) in [6.45, 7) is 4.07. The van der Waals surface area contributed by atoms with Crippen LogP contribution in [0.15, 0.2) is 12.1 Å². The lowest BCUT2D eigenvalue weighted by molar-refractivity contribution is 0.0583. The number of nitrogens with one attached hydrogen (secondary N) is 1.